The fourth-order valence-corrected chi connectivity index (χ4v) is 2.13. The standard InChI is InChI=1S/C13H19N3O4/c1-2-3-6-16-12(19)5-4-9(14-16)13(20)15-7-10(17)11(18)8-15/h4-5,10-11,17-18H,2-3,6-8H2,1H3. The molecular weight excluding hydrogens is 262 g/mol. The van der Waals surface area contributed by atoms with Crippen molar-refractivity contribution in [3.8, 4) is 0 Å². The van der Waals surface area contributed by atoms with Crippen molar-refractivity contribution in [2.75, 3.05) is 13.1 Å². The third-order valence-electron chi connectivity index (χ3n) is 3.36. The predicted molar refractivity (Wildman–Crippen MR) is 71.3 cm³/mol. The summed E-state index contributed by atoms with van der Waals surface area (Å²) in [4.78, 5) is 25.2. The zero-order chi connectivity index (χ0) is 14.7. The minimum absolute atomic E-state index is 0.0791. The number of amides is 1. The van der Waals surface area contributed by atoms with Crippen LogP contribution < -0.4 is 5.56 Å². The molecule has 1 aromatic rings. The van der Waals surface area contributed by atoms with Gasteiger partial charge in [0.2, 0.25) is 0 Å². The quantitative estimate of drug-likeness (QED) is 0.755. The summed E-state index contributed by atoms with van der Waals surface area (Å²) in [5.74, 6) is -0.383. The van der Waals surface area contributed by atoms with Gasteiger partial charge in [-0.1, -0.05) is 13.3 Å². The highest BCUT2D eigenvalue weighted by molar-refractivity contribution is 5.92. The van der Waals surface area contributed by atoms with Gasteiger partial charge < -0.3 is 15.1 Å². The van der Waals surface area contributed by atoms with E-state index in [1.165, 1.54) is 21.7 Å². The van der Waals surface area contributed by atoms with Gasteiger partial charge >= 0.3 is 0 Å². The van der Waals surface area contributed by atoms with E-state index < -0.39 is 12.2 Å². The van der Waals surface area contributed by atoms with Crippen molar-refractivity contribution in [1.29, 1.82) is 0 Å². The molecule has 0 radical (unpaired) electrons. The highest BCUT2D eigenvalue weighted by Crippen LogP contribution is 2.12. The number of hydrogen-bond acceptors (Lipinski definition) is 5. The number of aliphatic hydroxyl groups excluding tert-OH is 2. The van der Waals surface area contributed by atoms with Gasteiger partial charge in [0.05, 0.1) is 12.2 Å². The number of nitrogens with zero attached hydrogens (tertiary/aromatic N) is 3. The molecule has 0 saturated carbocycles. The van der Waals surface area contributed by atoms with Gasteiger partial charge in [-0.25, -0.2) is 4.68 Å². The molecule has 7 heteroatoms. The summed E-state index contributed by atoms with van der Waals surface area (Å²) in [5, 5.41) is 23.0. The van der Waals surface area contributed by atoms with E-state index in [9.17, 15) is 19.8 Å². The number of aryl methyl sites for hydroxylation is 1. The highest BCUT2D eigenvalue weighted by atomic mass is 16.3. The molecule has 0 aliphatic carbocycles. The second-order valence-electron chi connectivity index (χ2n) is 4.98. The van der Waals surface area contributed by atoms with Crippen LogP contribution in [0.15, 0.2) is 16.9 Å². The predicted octanol–water partition coefficient (Wildman–Crippen LogP) is -0.779. The van der Waals surface area contributed by atoms with Crippen molar-refractivity contribution in [3.05, 3.63) is 28.2 Å². The van der Waals surface area contributed by atoms with E-state index in [1.807, 2.05) is 6.92 Å². The maximum absolute atomic E-state index is 12.2. The van der Waals surface area contributed by atoms with E-state index in [4.69, 9.17) is 0 Å². The number of rotatable bonds is 4. The number of hydrogen-bond donors (Lipinski definition) is 2. The van der Waals surface area contributed by atoms with E-state index in [0.717, 1.165) is 12.8 Å². The van der Waals surface area contributed by atoms with E-state index in [1.54, 1.807) is 0 Å². The van der Waals surface area contributed by atoms with E-state index in [0.29, 0.717) is 6.54 Å². The third-order valence-corrected chi connectivity index (χ3v) is 3.36. The van der Waals surface area contributed by atoms with Crippen LogP contribution in [0.5, 0.6) is 0 Å². The minimum Gasteiger partial charge on any atom is -0.388 e. The molecule has 7 nitrogen and oxygen atoms in total. The lowest BCUT2D eigenvalue weighted by Crippen LogP contribution is -2.33. The number of carbonyl (C=O) groups is 1. The molecule has 0 spiro atoms. The lowest BCUT2D eigenvalue weighted by atomic mass is 10.3. The third kappa shape index (κ3) is 3.05. The van der Waals surface area contributed by atoms with Gasteiger partial charge in [0, 0.05) is 25.7 Å². The Balaban J connectivity index is 2.16. The maximum atomic E-state index is 12.2. The molecule has 2 atom stereocenters. The van der Waals surface area contributed by atoms with Crippen molar-refractivity contribution in [2.45, 2.75) is 38.5 Å². The molecule has 1 amide bonds. The summed E-state index contributed by atoms with van der Waals surface area (Å²) < 4.78 is 1.28. The largest absolute Gasteiger partial charge is 0.388 e. The average molecular weight is 281 g/mol. The Kier molecular flexibility index (Phi) is 4.51. The fraction of sp³-hybridized carbons (Fsp3) is 0.615. The Morgan fingerprint density at radius 3 is 2.60 bits per heavy atom. The molecule has 2 N–H and O–H groups in total. The Morgan fingerprint density at radius 1 is 1.35 bits per heavy atom. The number of aromatic nitrogens is 2. The van der Waals surface area contributed by atoms with Crippen molar-refractivity contribution in [2.24, 2.45) is 0 Å². The first-order valence-corrected chi connectivity index (χ1v) is 6.76. The van der Waals surface area contributed by atoms with Crippen LogP contribution in [0, 0.1) is 0 Å². The van der Waals surface area contributed by atoms with Gasteiger partial charge in [0.15, 0.2) is 0 Å². The average Bonchev–Trinajstić information content (AvgIpc) is 2.77. The zero-order valence-electron chi connectivity index (χ0n) is 11.4. The van der Waals surface area contributed by atoms with Gasteiger partial charge in [0.25, 0.3) is 11.5 Å². The van der Waals surface area contributed by atoms with E-state index in [2.05, 4.69) is 5.10 Å². The fourth-order valence-electron chi connectivity index (χ4n) is 2.13. The van der Waals surface area contributed by atoms with Crippen LogP contribution in [-0.2, 0) is 6.54 Å². The van der Waals surface area contributed by atoms with Crippen molar-refractivity contribution in [3.63, 3.8) is 0 Å². The van der Waals surface area contributed by atoms with Gasteiger partial charge in [0.1, 0.15) is 5.69 Å². The van der Waals surface area contributed by atoms with Gasteiger partial charge in [-0.2, -0.15) is 5.10 Å². The van der Waals surface area contributed by atoms with Crippen LogP contribution >= 0.6 is 0 Å². The first kappa shape index (κ1) is 14.7. The number of unbranched alkanes of at least 4 members (excludes halogenated alkanes) is 1. The zero-order valence-corrected chi connectivity index (χ0v) is 11.4. The Morgan fingerprint density at radius 2 is 2.00 bits per heavy atom. The topological polar surface area (TPSA) is 95.7 Å². The molecule has 2 rings (SSSR count). The first-order chi connectivity index (χ1) is 9.52. The lowest BCUT2D eigenvalue weighted by molar-refractivity contribution is 0.0572. The van der Waals surface area contributed by atoms with Crippen LogP contribution in [0.1, 0.15) is 30.3 Å². The maximum Gasteiger partial charge on any atom is 0.274 e. The molecular formula is C13H19N3O4. The molecule has 1 aliphatic heterocycles. The van der Waals surface area contributed by atoms with Gasteiger partial charge in [-0.3, -0.25) is 9.59 Å². The molecule has 1 aromatic heterocycles. The number of carbonyl (C=O) groups excluding carboxylic acids is 1. The summed E-state index contributed by atoms with van der Waals surface area (Å²) in [6.45, 7) is 2.64. The van der Waals surface area contributed by atoms with E-state index in [-0.39, 0.29) is 30.2 Å². The number of β-amino-alcohol motifs (C(OH)–C–C–N with tert-alkyl or cyclic N) is 2. The van der Waals surface area contributed by atoms with Crippen LogP contribution in [0.25, 0.3) is 0 Å². The molecule has 20 heavy (non-hydrogen) atoms. The molecule has 110 valence electrons. The summed E-state index contributed by atoms with van der Waals surface area (Å²) in [6.07, 6.45) is -0.113. The summed E-state index contributed by atoms with van der Waals surface area (Å²) in [7, 11) is 0. The van der Waals surface area contributed by atoms with Crippen LogP contribution in [0.4, 0.5) is 0 Å². The SMILES string of the molecule is CCCCn1nc(C(=O)N2CC(O)C(O)C2)ccc1=O. The van der Waals surface area contributed by atoms with Gasteiger partial charge in [-0.05, 0) is 12.5 Å². The smallest absolute Gasteiger partial charge is 0.274 e. The van der Waals surface area contributed by atoms with Crippen molar-refractivity contribution < 1.29 is 15.0 Å². The number of aliphatic hydroxyl groups is 2. The molecule has 0 aromatic carbocycles. The second kappa shape index (κ2) is 6.15. The van der Waals surface area contributed by atoms with Gasteiger partial charge in [-0.15, -0.1) is 0 Å². The highest BCUT2D eigenvalue weighted by Gasteiger charge is 2.33. The normalized spacial score (nSPS) is 22.2. The molecule has 0 bridgehead atoms. The molecule has 2 unspecified atom stereocenters. The van der Waals surface area contributed by atoms with Crippen molar-refractivity contribution >= 4 is 5.91 Å². The van der Waals surface area contributed by atoms with Crippen LogP contribution in [0.2, 0.25) is 0 Å². The minimum atomic E-state index is -0.926. The second-order valence-corrected chi connectivity index (χ2v) is 4.98. The Labute approximate surface area is 116 Å². The molecule has 1 fully saturated rings. The van der Waals surface area contributed by atoms with Crippen LogP contribution in [0.3, 0.4) is 0 Å². The van der Waals surface area contributed by atoms with Crippen LogP contribution in [-0.4, -0.2) is 56.1 Å². The summed E-state index contributed by atoms with van der Waals surface area (Å²) in [5.41, 5.74) is -0.0847. The molecule has 1 aliphatic rings. The Bertz CT molecular complexity index is 533. The summed E-state index contributed by atoms with van der Waals surface area (Å²) in [6, 6.07) is 2.70. The lowest BCUT2D eigenvalue weighted by Gasteiger charge is -2.15. The molecule has 1 saturated heterocycles. The first-order valence-electron chi connectivity index (χ1n) is 6.76. The Hall–Kier alpha value is -1.73. The van der Waals surface area contributed by atoms with Crippen molar-refractivity contribution in [1.82, 2.24) is 14.7 Å². The summed E-state index contributed by atoms with van der Waals surface area (Å²) >= 11 is 0. The number of likely N-dealkylation sites (tertiary alicyclic amines) is 1. The molecule has 2 heterocycles. The van der Waals surface area contributed by atoms with E-state index >= 15 is 0 Å². The monoisotopic (exact) mass is 281 g/mol.